The average molecular weight is 1350 g/mol. The lowest BCUT2D eigenvalue weighted by Gasteiger charge is -2.30. The van der Waals surface area contributed by atoms with Crippen LogP contribution in [0.4, 0.5) is 34.1 Å². The van der Waals surface area contributed by atoms with Crippen molar-refractivity contribution in [2.75, 3.05) is 9.80 Å². The molecule has 7 nitrogen and oxygen atoms in total. The smallest absolute Gasteiger partial charge is 0.137 e. The van der Waals surface area contributed by atoms with Crippen molar-refractivity contribution in [1.29, 1.82) is 0 Å². The van der Waals surface area contributed by atoms with E-state index in [9.17, 15) is 0 Å². The maximum Gasteiger partial charge on any atom is 0.137 e. The van der Waals surface area contributed by atoms with E-state index in [4.69, 9.17) is 22.1 Å². The van der Waals surface area contributed by atoms with E-state index in [0.717, 1.165) is 177 Å². The first-order valence-electron chi connectivity index (χ1n) is 36.1. The Hall–Kier alpha value is -13.4. The Kier molecular flexibility index (Phi) is 11.7. The average Bonchev–Trinajstić information content (AvgIpc) is 1.57. The Morgan fingerprint density at radius 1 is 0.219 bits per heavy atom. The summed E-state index contributed by atoms with van der Waals surface area (Å²) in [6.07, 6.45) is 0. The fraction of sp³-hybridized carbons (Fsp3) is 0.0612. The lowest BCUT2D eigenvalue weighted by Crippen LogP contribution is -2.17. The van der Waals surface area contributed by atoms with Gasteiger partial charge in [0.15, 0.2) is 0 Å². The van der Waals surface area contributed by atoms with E-state index in [0.29, 0.717) is 0 Å². The molecule has 23 rings (SSSR count). The quantitative estimate of drug-likeness (QED) is 0.150. The predicted octanol–water partition coefficient (Wildman–Crippen LogP) is 28.4. The van der Waals surface area contributed by atoms with Gasteiger partial charge in [-0.25, -0.2) is 0 Å². The van der Waals surface area contributed by atoms with Crippen molar-refractivity contribution in [2.45, 2.75) is 38.5 Å². The maximum absolute atomic E-state index is 7.10. The van der Waals surface area contributed by atoms with Crippen molar-refractivity contribution in [3.8, 4) is 44.9 Å². The number of para-hydroxylation sites is 2. The number of hydrogen-bond donors (Lipinski definition) is 0. The first kappa shape index (κ1) is 58.3. The summed E-state index contributed by atoms with van der Waals surface area (Å²) in [6, 6.07) is 110. The molecule has 0 saturated heterocycles. The number of rotatable bonds is 8. The van der Waals surface area contributed by atoms with Crippen LogP contribution >= 0.6 is 0 Å². The molecule has 494 valence electrons. The Morgan fingerprint density at radius 3 is 1.00 bits per heavy atom. The van der Waals surface area contributed by atoms with Crippen LogP contribution in [0.25, 0.3) is 176 Å². The number of furan rings is 5. The third-order valence-electron chi connectivity index (χ3n) is 23.3. The molecule has 0 aliphatic heterocycles. The molecule has 5 aromatic heterocycles. The van der Waals surface area contributed by atoms with Crippen molar-refractivity contribution < 1.29 is 22.1 Å². The Morgan fingerprint density at radius 2 is 0.562 bits per heavy atom. The van der Waals surface area contributed by atoms with E-state index in [1.54, 1.807) is 0 Å². The predicted molar refractivity (Wildman–Crippen MR) is 433 cm³/mol. The number of hydrogen-bond acceptors (Lipinski definition) is 7. The Bertz CT molecular complexity index is 6890. The van der Waals surface area contributed by atoms with Crippen molar-refractivity contribution in [3.05, 3.63) is 326 Å². The minimum atomic E-state index is -0.241. The van der Waals surface area contributed by atoms with Gasteiger partial charge in [-0.05, 0) is 198 Å². The second-order valence-electron chi connectivity index (χ2n) is 29.9. The summed E-state index contributed by atoms with van der Waals surface area (Å²) < 4.78 is 33.9. The lowest BCUT2D eigenvalue weighted by atomic mass is 9.81. The van der Waals surface area contributed by atoms with E-state index >= 15 is 0 Å². The molecule has 2 aliphatic carbocycles. The third kappa shape index (κ3) is 8.43. The first-order valence-corrected chi connectivity index (χ1v) is 36.1. The van der Waals surface area contributed by atoms with Gasteiger partial charge in [0.25, 0.3) is 0 Å². The van der Waals surface area contributed by atoms with Crippen molar-refractivity contribution in [2.24, 2.45) is 0 Å². The normalized spacial score (nSPS) is 13.7. The Balaban J connectivity index is 0.649. The number of anilines is 6. The van der Waals surface area contributed by atoms with Gasteiger partial charge in [-0.2, -0.15) is 0 Å². The second-order valence-corrected chi connectivity index (χ2v) is 29.9. The second kappa shape index (κ2) is 21.1. The van der Waals surface area contributed by atoms with E-state index in [2.05, 4.69) is 317 Å². The zero-order valence-electron chi connectivity index (χ0n) is 57.8. The molecule has 0 N–H and O–H groups in total. The lowest BCUT2D eigenvalue weighted by molar-refractivity contribution is 0.631. The summed E-state index contributed by atoms with van der Waals surface area (Å²) in [5.74, 6) is 1.70. The van der Waals surface area contributed by atoms with E-state index in [-0.39, 0.29) is 10.8 Å². The van der Waals surface area contributed by atoms with Gasteiger partial charge < -0.3 is 31.9 Å². The molecule has 0 saturated carbocycles. The molecule has 0 bridgehead atoms. The molecule has 0 atom stereocenters. The summed E-state index contributed by atoms with van der Waals surface area (Å²) in [4.78, 5) is 4.86. The molecule has 0 unspecified atom stereocenters. The van der Waals surface area contributed by atoms with Gasteiger partial charge in [-0.1, -0.05) is 198 Å². The fourth-order valence-electron chi connectivity index (χ4n) is 18.2. The van der Waals surface area contributed by atoms with Gasteiger partial charge in [-0.15, -0.1) is 0 Å². The van der Waals surface area contributed by atoms with Gasteiger partial charge in [0.1, 0.15) is 56.2 Å². The monoisotopic (exact) mass is 1350 g/mol. The molecular formula is C98H62N2O5. The minimum Gasteiger partial charge on any atom is -0.456 e. The third-order valence-corrected chi connectivity index (χ3v) is 23.3. The van der Waals surface area contributed by atoms with Crippen molar-refractivity contribution in [3.63, 3.8) is 0 Å². The zero-order chi connectivity index (χ0) is 69.3. The van der Waals surface area contributed by atoms with Crippen LogP contribution in [0.5, 0.6) is 0 Å². The largest absolute Gasteiger partial charge is 0.456 e. The van der Waals surface area contributed by atoms with Gasteiger partial charge in [-0.3, -0.25) is 0 Å². The van der Waals surface area contributed by atoms with Gasteiger partial charge in [0.2, 0.25) is 0 Å². The molecule has 5 heterocycles. The molecule has 0 spiro atoms. The van der Waals surface area contributed by atoms with Crippen LogP contribution < -0.4 is 9.80 Å². The van der Waals surface area contributed by atoms with Crippen molar-refractivity contribution in [1.82, 2.24) is 0 Å². The van der Waals surface area contributed by atoms with Crippen LogP contribution in [0.2, 0.25) is 0 Å². The summed E-state index contributed by atoms with van der Waals surface area (Å²) >= 11 is 0. The highest BCUT2D eigenvalue weighted by Gasteiger charge is 2.40. The Labute approximate surface area is 602 Å². The molecule has 16 aromatic carbocycles. The summed E-state index contributed by atoms with van der Waals surface area (Å²) in [6.45, 7) is 9.46. The topological polar surface area (TPSA) is 72.2 Å². The van der Waals surface area contributed by atoms with E-state index in [1.165, 1.54) is 55.3 Å². The van der Waals surface area contributed by atoms with Crippen LogP contribution in [-0.4, -0.2) is 0 Å². The highest BCUT2D eigenvalue weighted by atomic mass is 16.4. The van der Waals surface area contributed by atoms with Crippen LogP contribution in [0.1, 0.15) is 49.9 Å². The van der Waals surface area contributed by atoms with Gasteiger partial charge in [0.05, 0.1) is 11.4 Å². The van der Waals surface area contributed by atoms with Crippen LogP contribution in [0.3, 0.4) is 0 Å². The van der Waals surface area contributed by atoms with Gasteiger partial charge in [0, 0.05) is 111 Å². The zero-order valence-corrected chi connectivity index (χ0v) is 57.8. The summed E-state index contributed by atoms with van der Waals surface area (Å²) in [5.41, 5.74) is 24.7. The molecule has 0 fully saturated rings. The van der Waals surface area contributed by atoms with Gasteiger partial charge >= 0.3 is 0 Å². The standard InChI is InChI=1S/C98H62N2O5/c1-97(2)79-25-13-11-23-73(79)95-71-21-9-7-19-67(71)83(53-81(95)97)99(63-35-33-55-41-61(31-29-57(55)43-63)87-45-59-17-5-15-27-85(59)101-87)65-37-39-69-75-49-93-77(51-91(75)103-89(69)47-65)78-52-92-76(50-94(78)105-93)70-40-38-66(48-90(70)104-92)100(64-36-34-56-42-62(32-30-58(56)44-64)88-46-60-18-6-16-28-86(60)102-88)84-54-82-96(72-22-10-8-20-68(72)84)74-24-12-14-26-80(74)98(82,3)4/h5-54H,1-4H3. The van der Waals surface area contributed by atoms with Crippen LogP contribution in [-0.2, 0) is 10.8 Å². The molecular weight excluding hydrogens is 1290 g/mol. The van der Waals surface area contributed by atoms with E-state index < -0.39 is 0 Å². The summed E-state index contributed by atoms with van der Waals surface area (Å²) in [5, 5.41) is 17.3. The summed E-state index contributed by atoms with van der Waals surface area (Å²) in [7, 11) is 0. The van der Waals surface area contributed by atoms with Crippen molar-refractivity contribution >= 4 is 165 Å². The SMILES string of the molecule is CC1(C)c2ccccc2-c2c1cc(N(c1ccc3cc(-c4cc5ccccc5o4)ccc3c1)c1ccc3c(c1)oc1cc4c(cc13)oc1cc3c(cc14)oc1cc(N(c4ccc5cc(-c6cc7ccccc7o6)ccc5c4)c4cc5c(c6ccccc46)-c4ccccc4C5(C)C)ccc13)c1ccccc21. The molecule has 105 heavy (non-hydrogen) atoms. The molecule has 21 aromatic rings. The van der Waals surface area contributed by atoms with Crippen LogP contribution in [0, 0.1) is 0 Å². The van der Waals surface area contributed by atoms with Crippen LogP contribution in [0.15, 0.2) is 325 Å². The first-order chi connectivity index (χ1) is 51.5. The fourth-order valence-corrected chi connectivity index (χ4v) is 18.2. The molecule has 0 amide bonds. The number of nitrogens with zero attached hydrogens (tertiary/aromatic N) is 2. The maximum atomic E-state index is 7.10. The number of benzene rings is 16. The van der Waals surface area contributed by atoms with E-state index in [1.807, 2.05) is 24.3 Å². The molecule has 0 radical (unpaired) electrons. The number of fused-ring (bicyclic) bond motifs is 23. The molecule has 2 aliphatic rings. The highest BCUT2D eigenvalue weighted by molar-refractivity contribution is 6.20. The minimum absolute atomic E-state index is 0.241. The highest BCUT2D eigenvalue weighted by Crippen LogP contribution is 2.58. The molecule has 7 heteroatoms.